The lowest BCUT2D eigenvalue weighted by Gasteiger charge is -2.16. The standard InChI is InChI=1S/C9H12N4/c10-9-12-5-6-13(9)7-8-1-3-11-4-2-8/h1-4H,5-7H2,(H2,10,12). The van der Waals surface area contributed by atoms with Crippen molar-refractivity contribution in [2.45, 2.75) is 6.54 Å². The third-order valence-corrected chi connectivity index (χ3v) is 2.09. The SMILES string of the molecule is NC1=NCCN1Cc1ccncc1. The molecule has 0 fully saturated rings. The number of guanidine groups is 1. The molecule has 1 aliphatic heterocycles. The minimum absolute atomic E-state index is 0.650. The van der Waals surface area contributed by atoms with Crippen LogP contribution in [0.4, 0.5) is 0 Å². The number of hydrogen-bond donors (Lipinski definition) is 1. The Bertz CT molecular complexity index is 307. The molecule has 0 amide bonds. The molecule has 0 bridgehead atoms. The highest BCUT2D eigenvalue weighted by Crippen LogP contribution is 2.05. The maximum atomic E-state index is 5.69. The first-order valence-electron chi connectivity index (χ1n) is 4.30. The van der Waals surface area contributed by atoms with Crippen LogP contribution in [0.15, 0.2) is 29.5 Å². The van der Waals surface area contributed by atoms with Crippen LogP contribution in [-0.4, -0.2) is 28.9 Å². The van der Waals surface area contributed by atoms with Crippen molar-refractivity contribution in [2.75, 3.05) is 13.1 Å². The van der Waals surface area contributed by atoms with E-state index >= 15 is 0 Å². The van der Waals surface area contributed by atoms with Gasteiger partial charge in [-0.3, -0.25) is 9.98 Å². The van der Waals surface area contributed by atoms with E-state index in [-0.39, 0.29) is 0 Å². The topological polar surface area (TPSA) is 54.5 Å². The van der Waals surface area contributed by atoms with Gasteiger partial charge < -0.3 is 10.6 Å². The summed E-state index contributed by atoms with van der Waals surface area (Å²) >= 11 is 0. The number of aliphatic imine (C=N–C) groups is 1. The molecule has 4 heteroatoms. The Labute approximate surface area is 77.1 Å². The van der Waals surface area contributed by atoms with Crippen LogP contribution in [-0.2, 0) is 6.54 Å². The zero-order valence-corrected chi connectivity index (χ0v) is 7.35. The summed E-state index contributed by atoms with van der Waals surface area (Å²) in [5.41, 5.74) is 6.90. The monoisotopic (exact) mass is 176 g/mol. The van der Waals surface area contributed by atoms with Gasteiger partial charge in [0.05, 0.1) is 6.54 Å². The van der Waals surface area contributed by atoms with Crippen molar-refractivity contribution in [3.8, 4) is 0 Å². The zero-order chi connectivity index (χ0) is 9.10. The van der Waals surface area contributed by atoms with Crippen LogP contribution in [0.3, 0.4) is 0 Å². The first kappa shape index (κ1) is 8.04. The molecule has 0 unspecified atom stereocenters. The highest BCUT2D eigenvalue weighted by molar-refractivity contribution is 5.79. The van der Waals surface area contributed by atoms with Crippen molar-refractivity contribution in [1.82, 2.24) is 9.88 Å². The number of nitrogens with zero attached hydrogens (tertiary/aromatic N) is 3. The van der Waals surface area contributed by atoms with Gasteiger partial charge in [-0.05, 0) is 17.7 Å². The maximum Gasteiger partial charge on any atom is 0.191 e. The second kappa shape index (κ2) is 3.43. The van der Waals surface area contributed by atoms with Gasteiger partial charge in [0, 0.05) is 25.5 Å². The summed E-state index contributed by atoms with van der Waals surface area (Å²) in [6.07, 6.45) is 3.58. The first-order chi connectivity index (χ1) is 6.36. The molecule has 4 nitrogen and oxygen atoms in total. The number of rotatable bonds is 2. The lowest BCUT2D eigenvalue weighted by molar-refractivity contribution is 0.448. The summed E-state index contributed by atoms with van der Waals surface area (Å²) in [6, 6.07) is 3.98. The van der Waals surface area contributed by atoms with Gasteiger partial charge in [-0.25, -0.2) is 0 Å². The van der Waals surface area contributed by atoms with E-state index in [9.17, 15) is 0 Å². The summed E-state index contributed by atoms with van der Waals surface area (Å²) in [4.78, 5) is 10.1. The van der Waals surface area contributed by atoms with E-state index in [1.165, 1.54) is 5.56 Å². The Hall–Kier alpha value is -1.58. The molecule has 0 spiro atoms. The molecule has 1 aromatic rings. The van der Waals surface area contributed by atoms with Crippen LogP contribution in [0.5, 0.6) is 0 Å². The van der Waals surface area contributed by atoms with Gasteiger partial charge in [-0.15, -0.1) is 0 Å². The van der Waals surface area contributed by atoms with Crippen molar-refractivity contribution in [2.24, 2.45) is 10.7 Å². The van der Waals surface area contributed by atoms with Crippen LogP contribution < -0.4 is 5.73 Å². The zero-order valence-electron chi connectivity index (χ0n) is 7.35. The quantitative estimate of drug-likeness (QED) is 0.701. The average Bonchev–Trinajstić information content (AvgIpc) is 2.54. The largest absolute Gasteiger partial charge is 0.370 e. The molecule has 0 saturated carbocycles. The smallest absolute Gasteiger partial charge is 0.191 e. The fraction of sp³-hybridized carbons (Fsp3) is 0.333. The first-order valence-corrected chi connectivity index (χ1v) is 4.30. The second-order valence-electron chi connectivity index (χ2n) is 3.02. The highest BCUT2D eigenvalue weighted by Gasteiger charge is 2.12. The minimum atomic E-state index is 0.650. The number of pyridine rings is 1. The molecule has 2 heterocycles. The summed E-state index contributed by atoms with van der Waals surface area (Å²) < 4.78 is 0. The van der Waals surface area contributed by atoms with Gasteiger partial charge in [-0.1, -0.05) is 0 Å². The predicted molar refractivity (Wildman–Crippen MR) is 51.1 cm³/mol. The van der Waals surface area contributed by atoms with E-state index < -0.39 is 0 Å². The molecule has 0 radical (unpaired) electrons. The summed E-state index contributed by atoms with van der Waals surface area (Å²) in [5.74, 6) is 0.650. The van der Waals surface area contributed by atoms with E-state index in [0.717, 1.165) is 19.6 Å². The van der Waals surface area contributed by atoms with E-state index in [0.29, 0.717) is 5.96 Å². The van der Waals surface area contributed by atoms with Crippen LogP contribution in [0.2, 0.25) is 0 Å². The molecule has 13 heavy (non-hydrogen) atoms. The normalized spacial score (nSPS) is 16.0. The van der Waals surface area contributed by atoms with Crippen molar-refractivity contribution < 1.29 is 0 Å². The van der Waals surface area contributed by atoms with Gasteiger partial charge in [0.25, 0.3) is 0 Å². The third-order valence-electron chi connectivity index (χ3n) is 2.09. The van der Waals surface area contributed by atoms with E-state index in [2.05, 4.69) is 14.9 Å². The minimum Gasteiger partial charge on any atom is -0.370 e. The summed E-state index contributed by atoms with van der Waals surface area (Å²) in [7, 11) is 0. The molecule has 0 aliphatic carbocycles. The molecule has 1 aliphatic rings. The fourth-order valence-electron chi connectivity index (χ4n) is 1.37. The summed E-state index contributed by atoms with van der Waals surface area (Å²) in [6.45, 7) is 2.57. The Balaban J connectivity index is 2.03. The number of aromatic nitrogens is 1. The van der Waals surface area contributed by atoms with Crippen molar-refractivity contribution in [3.63, 3.8) is 0 Å². The van der Waals surface area contributed by atoms with E-state index in [4.69, 9.17) is 5.73 Å². The molecule has 2 N–H and O–H groups in total. The molecule has 0 atom stereocenters. The van der Waals surface area contributed by atoms with Gasteiger partial charge in [-0.2, -0.15) is 0 Å². The Morgan fingerprint density at radius 1 is 1.38 bits per heavy atom. The van der Waals surface area contributed by atoms with Crippen LogP contribution in [0.25, 0.3) is 0 Å². The third kappa shape index (κ3) is 1.77. The summed E-state index contributed by atoms with van der Waals surface area (Å²) in [5, 5.41) is 0. The van der Waals surface area contributed by atoms with Gasteiger partial charge in [0.1, 0.15) is 0 Å². The predicted octanol–water partition coefficient (Wildman–Crippen LogP) is 0.212. The number of nitrogens with two attached hydrogens (primary N) is 1. The average molecular weight is 176 g/mol. The molecule has 68 valence electrons. The number of hydrogen-bond acceptors (Lipinski definition) is 4. The molecule has 0 saturated heterocycles. The maximum absolute atomic E-state index is 5.69. The van der Waals surface area contributed by atoms with Crippen LogP contribution in [0, 0.1) is 0 Å². The highest BCUT2D eigenvalue weighted by atomic mass is 15.3. The fourth-order valence-corrected chi connectivity index (χ4v) is 1.37. The van der Waals surface area contributed by atoms with Gasteiger partial charge in [0.15, 0.2) is 5.96 Å². The van der Waals surface area contributed by atoms with Crippen molar-refractivity contribution >= 4 is 5.96 Å². The van der Waals surface area contributed by atoms with Crippen LogP contribution >= 0.6 is 0 Å². The lowest BCUT2D eigenvalue weighted by Crippen LogP contribution is -2.33. The molecular weight excluding hydrogens is 164 g/mol. The Morgan fingerprint density at radius 2 is 2.15 bits per heavy atom. The van der Waals surface area contributed by atoms with Gasteiger partial charge in [0.2, 0.25) is 0 Å². The molecule has 1 aromatic heterocycles. The molecule has 0 aromatic carbocycles. The second-order valence-corrected chi connectivity index (χ2v) is 3.02. The van der Waals surface area contributed by atoms with E-state index in [1.54, 1.807) is 12.4 Å². The lowest BCUT2D eigenvalue weighted by atomic mass is 10.2. The van der Waals surface area contributed by atoms with Crippen molar-refractivity contribution in [1.29, 1.82) is 0 Å². The Morgan fingerprint density at radius 3 is 2.77 bits per heavy atom. The van der Waals surface area contributed by atoms with Gasteiger partial charge >= 0.3 is 0 Å². The van der Waals surface area contributed by atoms with Crippen molar-refractivity contribution in [3.05, 3.63) is 30.1 Å². The molecular formula is C9H12N4. The van der Waals surface area contributed by atoms with Crippen LogP contribution in [0.1, 0.15) is 5.56 Å². The molecule has 2 rings (SSSR count). The Kier molecular flexibility index (Phi) is 2.12. The van der Waals surface area contributed by atoms with E-state index in [1.807, 2.05) is 12.1 Å².